The molecule has 1 heteroatoms. The molecule has 3 unspecified atom stereocenters. The van der Waals surface area contributed by atoms with E-state index in [4.69, 9.17) is 11.6 Å². The van der Waals surface area contributed by atoms with E-state index in [1.807, 2.05) is 0 Å². The Morgan fingerprint density at radius 3 is 2.36 bits per heavy atom. The molecule has 0 nitrogen and oxygen atoms in total. The summed E-state index contributed by atoms with van der Waals surface area (Å²) < 4.78 is 0. The summed E-state index contributed by atoms with van der Waals surface area (Å²) >= 11 is 6.39. The highest BCUT2D eigenvalue weighted by atomic mass is 35.5. The van der Waals surface area contributed by atoms with Gasteiger partial charge in [0.05, 0.1) is 5.38 Å². The van der Waals surface area contributed by atoms with Gasteiger partial charge in [0.15, 0.2) is 0 Å². The first-order valence-corrected chi connectivity index (χ1v) is 5.89. The Morgan fingerprint density at radius 1 is 1.36 bits per heavy atom. The molecule has 0 spiro atoms. The Balaban J connectivity index is 2.08. The molecule has 0 amide bonds. The van der Waals surface area contributed by atoms with Gasteiger partial charge in [0, 0.05) is 0 Å². The lowest BCUT2D eigenvalue weighted by Gasteiger charge is -2.09. The van der Waals surface area contributed by atoms with E-state index in [0.29, 0.717) is 5.92 Å². The van der Waals surface area contributed by atoms with Crippen molar-refractivity contribution in [2.24, 2.45) is 11.8 Å². The lowest BCUT2D eigenvalue weighted by atomic mass is 10.0. The van der Waals surface area contributed by atoms with E-state index in [-0.39, 0.29) is 5.38 Å². The van der Waals surface area contributed by atoms with E-state index in [2.05, 4.69) is 38.1 Å². The summed E-state index contributed by atoms with van der Waals surface area (Å²) in [5.74, 6) is 1.53. The van der Waals surface area contributed by atoms with Gasteiger partial charge in [-0.25, -0.2) is 0 Å². The first kappa shape index (κ1) is 10.0. The maximum Gasteiger partial charge on any atom is 0.0616 e. The summed E-state index contributed by atoms with van der Waals surface area (Å²) in [6.07, 6.45) is 2.40. The molecule has 0 radical (unpaired) electrons. The van der Waals surface area contributed by atoms with Crippen LogP contribution >= 0.6 is 11.6 Å². The predicted octanol–water partition coefficient (Wildman–Crippen LogP) is 4.18. The lowest BCUT2D eigenvalue weighted by molar-refractivity contribution is 0.722. The molecule has 14 heavy (non-hydrogen) atoms. The summed E-state index contributed by atoms with van der Waals surface area (Å²) in [5, 5.41) is 0.232. The maximum atomic E-state index is 6.39. The van der Waals surface area contributed by atoms with E-state index in [0.717, 1.165) is 12.3 Å². The van der Waals surface area contributed by atoms with E-state index in [1.165, 1.54) is 17.5 Å². The summed E-state index contributed by atoms with van der Waals surface area (Å²) in [6.45, 7) is 4.45. The quantitative estimate of drug-likeness (QED) is 0.654. The Kier molecular flexibility index (Phi) is 2.83. The van der Waals surface area contributed by atoms with E-state index >= 15 is 0 Å². The van der Waals surface area contributed by atoms with Gasteiger partial charge in [0.1, 0.15) is 0 Å². The van der Waals surface area contributed by atoms with Crippen molar-refractivity contribution in [2.75, 3.05) is 0 Å². The molecule has 0 saturated heterocycles. The second-order valence-electron chi connectivity index (χ2n) is 4.37. The molecule has 1 aliphatic rings. The average molecular weight is 209 g/mol. The fraction of sp³-hybridized carbons (Fsp3) is 0.538. The molecule has 2 rings (SSSR count). The zero-order chi connectivity index (χ0) is 10.1. The molecule has 0 bridgehead atoms. The van der Waals surface area contributed by atoms with Crippen LogP contribution in [0.25, 0.3) is 0 Å². The molecular weight excluding hydrogens is 192 g/mol. The van der Waals surface area contributed by atoms with Crippen molar-refractivity contribution in [1.82, 2.24) is 0 Å². The van der Waals surface area contributed by atoms with Crippen LogP contribution in [0, 0.1) is 11.8 Å². The van der Waals surface area contributed by atoms with E-state index in [9.17, 15) is 0 Å². The minimum absolute atomic E-state index is 0.232. The lowest BCUT2D eigenvalue weighted by Crippen LogP contribution is -1.94. The maximum absolute atomic E-state index is 6.39. The SMILES string of the molecule is CCc1ccc(C(Cl)C2CC2C)cc1. The summed E-state index contributed by atoms with van der Waals surface area (Å²) in [5.41, 5.74) is 2.68. The molecular formula is C13H17Cl. The van der Waals surface area contributed by atoms with Crippen molar-refractivity contribution in [3.05, 3.63) is 35.4 Å². The monoisotopic (exact) mass is 208 g/mol. The number of aryl methyl sites for hydroxylation is 1. The molecule has 3 atom stereocenters. The Morgan fingerprint density at radius 2 is 1.93 bits per heavy atom. The zero-order valence-corrected chi connectivity index (χ0v) is 9.59. The molecule has 1 aromatic carbocycles. The Labute approximate surface area is 91.3 Å². The van der Waals surface area contributed by atoms with Crippen LogP contribution in [0.1, 0.15) is 36.8 Å². The second kappa shape index (κ2) is 3.94. The highest BCUT2D eigenvalue weighted by molar-refractivity contribution is 6.21. The number of alkyl halides is 1. The fourth-order valence-corrected chi connectivity index (χ4v) is 2.44. The molecule has 1 aromatic rings. The van der Waals surface area contributed by atoms with Crippen LogP contribution in [0.5, 0.6) is 0 Å². The third-order valence-corrected chi connectivity index (χ3v) is 3.83. The number of benzene rings is 1. The highest BCUT2D eigenvalue weighted by Crippen LogP contribution is 2.50. The number of halogens is 1. The van der Waals surface area contributed by atoms with Crippen LogP contribution in [-0.2, 0) is 6.42 Å². The Bertz CT molecular complexity index is 302. The second-order valence-corrected chi connectivity index (χ2v) is 4.84. The van der Waals surface area contributed by atoms with Gasteiger partial charge in [-0.05, 0) is 35.8 Å². The predicted molar refractivity (Wildman–Crippen MR) is 61.7 cm³/mol. The van der Waals surface area contributed by atoms with Crippen LogP contribution in [0.15, 0.2) is 24.3 Å². The minimum atomic E-state index is 0.232. The number of hydrogen-bond acceptors (Lipinski definition) is 0. The Hall–Kier alpha value is -0.490. The normalized spacial score (nSPS) is 27.4. The molecule has 0 N–H and O–H groups in total. The van der Waals surface area contributed by atoms with Gasteiger partial charge in [0.2, 0.25) is 0 Å². The summed E-state index contributed by atoms with van der Waals surface area (Å²) in [7, 11) is 0. The van der Waals surface area contributed by atoms with Gasteiger partial charge in [-0.15, -0.1) is 11.6 Å². The minimum Gasteiger partial charge on any atom is -0.118 e. The number of rotatable bonds is 3. The van der Waals surface area contributed by atoms with Crippen molar-refractivity contribution < 1.29 is 0 Å². The first-order valence-electron chi connectivity index (χ1n) is 5.45. The van der Waals surface area contributed by atoms with Crippen molar-refractivity contribution in [3.63, 3.8) is 0 Å². The van der Waals surface area contributed by atoms with Crippen LogP contribution in [-0.4, -0.2) is 0 Å². The first-order chi connectivity index (χ1) is 6.72. The van der Waals surface area contributed by atoms with Gasteiger partial charge >= 0.3 is 0 Å². The fourth-order valence-electron chi connectivity index (χ4n) is 1.94. The third-order valence-electron chi connectivity index (χ3n) is 3.25. The molecule has 0 aromatic heterocycles. The van der Waals surface area contributed by atoms with Crippen molar-refractivity contribution in [1.29, 1.82) is 0 Å². The van der Waals surface area contributed by atoms with Gasteiger partial charge in [-0.3, -0.25) is 0 Å². The molecule has 0 heterocycles. The van der Waals surface area contributed by atoms with Gasteiger partial charge in [0.25, 0.3) is 0 Å². The molecule has 1 aliphatic carbocycles. The average Bonchev–Trinajstić information content (AvgIpc) is 2.95. The van der Waals surface area contributed by atoms with Crippen molar-refractivity contribution in [3.8, 4) is 0 Å². The van der Waals surface area contributed by atoms with Crippen LogP contribution < -0.4 is 0 Å². The van der Waals surface area contributed by atoms with Gasteiger partial charge < -0.3 is 0 Å². The molecule has 1 fully saturated rings. The summed E-state index contributed by atoms with van der Waals surface area (Å²) in [4.78, 5) is 0. The van der Waals surface area contributed by atoms with Crippen LogP contribution in [0.4, 0.5) is 0 Å². The molecule has 0 aliphatic heterocycles. The smallest absolute Gasteiger partial charge is 0.0616 e. The van der Waals surface area contributed by atoms with E-state index < -0.39 is 0 Å². The van der Waals surface area contributed by atoms with Gasteiger partial charge in [-0.1, -0.05) is 38.1 Å². The summed E-state index contributed by atoms with van der Waals surface area (Å²) in [6, 6.07) is 8.75. The van der Waals surface area contributed by atoms with Crippen molar-refractivity contribution in [2.45, 2.75) is 32.1 Å². The van der Waals surface area contributed by atoms with E-state index in [1.54, 1.807) is 0 Å². The zero-order valence-electron chi connectivity index (χ0n) is 8.83. The topological polar surface area (TPSA) is 0 Å². The largest absolute Gasteiger partial charge is 0.118 e. The molecule has 1 saturated carbocycles. The number of hydrogen-bond donors (Lipinski definition) is 0. The molecule has 76 valence electrons. The van der Waals surface area contributed by atoms with Crippen molar-refractivity contribution >= 4 is 11.6 Å². The third kappa shape index (κ3) is 1.95. The highest BCUT2D eigenvalue weighted by Gasteiger charge is 2.39. The standard InChI is InChI=1S/C13H17Cl/c1-3-10-4-6-11(7-5-10)13(14)12-8-9(12)2/h4-7,9,12-13H,3,8H2,1-2H3. The van der Waals surface area contributed by atoms with Crippen LogP contribution in [0.2, 0.25) is 0 Å². The van der Waals surface area contributed by atoms with Gasteiger partial charge in [-0.2, -0.15) is 0 Å². The van der Waals surface area contributed by atoms with Crippen LogP contribution in [0.3, 0.4) is 0 Å².